The Morgan fingerprint density at radius 1 is 1.50 bits per heavy atom. The number of anilines is 1. The number of nitrogens with two attached hydrogens (primary N) is 1. The Morgan fingerprint density at radius 3 is 2.89 bits per heavy atom. The van der Waals surface area contributed by atoms with Gasteiger partial charge in [-0.2, -0.15) is 0 Å². The van der Waals surface area contributed by atoms with Gasteiger partial charge in [0.25, 0.3) is 5.91 Å². The van der Waals surface area contributed by atoms with Crippen LogP contribution in [-0.2, 0) is 0 Å². The first-order chi connectivity index (χ1) is 8.58. The number of hydrogen-bond acceptors (Lipinski definition) is 4. The van der Waals surface area contributed by atoms with E-state index >= 15 is 0 Å². The number of halogens is 1. The summed E-state index contributed by atoms with van der Waals surface area (Å²) in [5.41, 5.74) is 8.56. The van der Waals surface area contributed by atoms with Gasteiger partial charge >= 0.3 is 0 Å². The van der Waals surface area contributed by atoms with Crippen LogP contribution in [0.5, 0.6) is 0 Å². The SMILES string of the molecule is NC(=S)c1ccc(Cl)cc1NC(=O)c1cscn1. The molecule has 1 aromatic carbocycles. The molecular formula is C11H8ClN3OS2. The lowest BCUT2D eigenvalue weighted by atomic mass is 10.1. The third-order valence-electron chi connectivity index (χ3n) is 2.16. The zero-order valence-corrected chi connectivity index (χ0v) is 11.4. The fourth-order valence-corrected chi connectivity index (χ4v) is 2.23. The highest BCUT2D eigenvalue weighted by molar-refractivity contribution is 7.80. The Balaban J connectivity index is 2.31. The van der Waals surface area contributed by atoms with E-state index in [1.807, 2.05) is 0 Å². The zero-order valence-electron chi connectivity index (χ0n) is 9.01. The van der Waals surface area contributed by atoms with E-state index < -0.39 is 0 Å². The molecule has 0 bridgehead atoms. The van der Waals surface area contributed by atoms with E-state index in [0.717, 1.165) is 0 Å². The minimum Gasteiger partial charge on any atom is -0.389 e. The number of carbonyl (C=O) groups excluding carboxylic acids is 1. The Morgan fingerprint density at radius 2 is 2.28 bits per heavy atom. The zero-order chi connectivity index (χ0) is 13.1. The number of aromatic nitrogens is 1. The maximum absolute atomic E-state index is 11.9. The molecule has 4 nitrogen and oxygen atoms in total. The predicted octanol–water partition coefficient (Wildman–Crippen LogP) is 2.68. The van der Waals surface area contributed by atoms with Gasteiger partial charge in [0.1, 0.15) is 10.7 Å². The molecule has 1 aromatic heterocycles. The van der Waals surface area contributed by atoms with Crippen LogP contribution in [0.3, 0.4) is 0 Å². The minimum atomic E-state index is -0.323. The normalized spacial score (nSPS) is 10.1. The van der Waals surface area contributed by atoms with E-state index in [-0.39, 0.29) is 10.9 Å². The Kier molecular flexibility index (Phi) is 3.90. The Hall–Kier alpha value is -1.50. The highest BCUT2D eigenvalue weighted by Crippen LogP contribution is 2.21. The summed E-state index contributed by atoms with van der Waals surface area (Å²) in [6.07, 6.45) is 0. The van der Waals surface area contributed by atoms with Crippen molar-refractivity contribution >= 4 is 51.7 Å². The minimum absolute atomic E-state index is 0.195. The van der Waals surface area contributed by atoms with Gasteiger partial charge < -0.3 is 11.1 Å². The molecule has 0 saturated carbocycles. The first-order valence-electron chi connectivity index (χ1n) is 4.87. The topological polar surface area (TPSA) is 68.0 Å². The molecule has 0 spiro atoms. The number of thiocarbonyl (C=S) groups is 1. The van der Waals surface area contributed by atoms with Gasteiger partial charge in [0.15, 0.2) is 0 Å². The molecule has 0 unspecified atom stereocenters. The lowest BCUT2D eigenvalue weighted by Crippen LogP contribution is -2.17. The molecule has 0 aliphatic carbocycles. The number of nitrogens with zero attached hydrogens (tertiary/aromatic N) is 1. The van der Waals surface area contributed by atoms with Crippen LogP contribution in [0.15, 0.2) is 29.1 Å². The molecule has 0 atom stereocenters. The molecule has 0 fully saturated rings. The van der Waals surface area contributed by atoms with Gasteiger partial charge in [-0.1, -0.05) is 23.8 Å². The van der Waals surface area contributed by atoms with Crippen molar-refractivity contribution < 1.29 is 4.79 Å². The van der Waals surface area contributed by atoms with Crippen molar-refractivity contribution in [2.75, 3.05) is 5.32 Å². The number of hydrogen-bond donors (Lipinski definition) is 2. The molecule has 3 N–H and O–H groups in total. The van der Waals surface area contributed by atoms with E-state index in [9.17, 15) is 4.79 Å². The molecule has 0 radical (unpaired) electrons. The van der Waals surface area contributed by atoms with Crippen LogP contribution in [0.1, 0.15) is 16.1 Å². The second-order valence-corrected chi connectivity index (χ2v) is 4.98. The maximum atomic E-state index is 11.9. The summed E-state index contributed by atoms with van der Waals surface area (Å²) in [6.45, 7) is 0. The van der Waals surface area contributed by atoms with E-state index in [0.29, 0.717) is 22.0 Å². The maximum Gasteiger partial charge on any atom is 0.275 e. The van der Waals surface area contributed by atoms with Crippen molar-refractivity contribution in [1.29, 1.82) is 0 Å². The second kappa shape index (κ2) is 5.43. The van der Waals surface area contributed by atoms with Crippen LogP contribution in [0.4, 0.5) is 5.69 Å². The van der Waals surface area contributed by atoms with Crippen molar-refractivity contribution in [3.05, 3.63) is 45.4 Å². The molecule has 18 heavy (non-hydrogen) atoms. The lowest BCUT2D eigenvalue weighted by molar-refractivity contribution is 0.102. The number of benzene rings is 1. The summed E-state index contributed by atoms with van der Waals surface area (Å²) in [4.78, 5) is 16.0. The van der Waals surface area contributed by atoms with Crippen molar-refractivity contribution in [3.63, 3.8) is 0 Å². The fraction of sp³-hybridized carbons (Fsp3) is 0. The van der Waals surface area contributed by atoms with Crippen LogP contribution in [-0.4, -0.2) is 15.9 Å². The third kappa shape index (κ3) is 2.84. The van der Waals surface area contributed by atoms with Crippen LogP contribution in [0.2, 0.25) is 5.02 Å². The smallest absolute Gasteiger partial charge is 0.275 e. The number of carbonyl (C=O) groups is 1. The van der Waals surface area contributed by atoms with E-state index in [1.165, 1.54) is 11.3 Å². The lowest BCUT2D eigenvalue weighted by Gasteiger charge is -2.09. The van der Waals surface area contributed by atoms with Gasteiger partial charge in [0, 0.05) is 16.0 Å². The van der Waals surface area contributed by atoms with Crippen molar-refractivity contribution in [2.24, 2.45) is 5.73 Å². The second-order valence-electron chi connectivity index (χ2n) is 3.38. The summed E-state index contributed by atoms with van der Waals surface area (Å²) in [5, 5.41) is 4.83. The highest BCUT2D eigenvalue weighted by Gasteiger charge is 2.12. The molecule has 7 heteroatoms. The summed E-state index contributed by atoms with van der Waals surface area (Å²) in [7, 11) is 0. The molecule has 2 aromatic rings. The number of rotatable bonds is 3. The summed E-state index contributed by atoms with van der Waals surface area (Å²) in [5.74, 6) is -0.323. The molecule has 0 aliphatic rings. The number of amides is 1. The quantitative estimate of drug-likeness (QED) is 0.855. The van der Waals surface area contributed by atoms with Gasteiger partial charge in [-0.25, -0.2) is 4.98 Å². The first-order valence-corrected chi connectivity index (χ1v) is 6.59. The van der Waals surface area contributed by atoms with Crippen LogP contribution in [0.25, 0.3) is 0 Å². The van der Waals surface area contributed by atoms with Crippen LogP contribution < -0.4 is 11.1 Å². The van der Waals surface area contributed by atoms with Gasteiger partial charge in [0.05, 0.1) is 11.2 Å². The Labute approximate surface area is 118 Å². The summed E-state index contributed by atoms with van der Waals surface area (Å²) >= 11 is 12.1. The van der Waals surface area contributed by atoms with Crippen LogP contribution >= 0.6 is 35.2 Å². The molecule has 0 aliphatic heterocycles. The molecule has 1 heterocycles. The van der Waals surface area contributed by atoms with Gasteiger partial charge in [-0.05, 0) is 18.2 Å². The Bertz CT molecular complexity index is 598. The standard InChI is InChI=1S/C11H8ClN3OS2/c12-6-1-2-7(10(13)17)8(3-6)15-11(16)9-4-18-5-14-9/h1-5H,(H2,13,17)(H,15,16). The van der Waals surface area contributed by atoms with Gasteiger partial charge in [-0.15, -0.1) is 11.3 Å². The average molecular weight is 298 g/mol. The van der Waals surface area contributed by atoms with E-state index in [1.54, 1.807) is 29.1 Å². The van der Waals surface area contributed by atoms with Crippen molar-refractivity contribution in [1.82, 2.24) is 4.98 Å². The largest absolute Gasteiger partial charge is 0.389 e. The van der Waals surface area contributed by atoms with Gasteiger partial charge in [0.2, 0.25) is 0 Å². The van der Waals surface area contributed by atoms with E-state index in [2.05, 4.69) is 10.3 Å². The molecular weight excluding hydrogens is 290 g/mol. The average Bonchev–Trinajstić information content (AvgIpc) is 2.81. The highest BCUT2D eigenvalue weighted by atomic mass is 35.5. The van der Waals surface area contributed by atoms with Crippen LogP contribution in [0, 0.1) is 0 Å². The predicted molar refractivity (Wildman–Crippen MR) is 77.4 cm³/mol. The first kappa shape index (κ1) is 12.9. The molecule has 2 rings (SSSR count). The third-order valence-corrected chi connectivity index (χ3v) is 3.20. The molecule has 92 valence electrons. The van der Waals surface area contributed by atoms with Gasteiger partial charge in [-0.3, -0.25) is 4.79 Å². The van der Waals surface area contributed by atoms with Crippen molar-refractivity contribution in [3.8, 4) is 0 Å². The van der Waals surface area contributed by atoms with E-state index in [4.69, 9.17) is 29.6 Å². The molecule has 0 saturated heterocycles. The van der Waals surface area contributed by atoms with Crippen molar-refractivity contribution in [2.45, 2.75) is 0 Å². The number of nitrogens with one attached hydrogen (secondary N) is 1. The summed E-state index contributed by atoms with van der Waals surface area (Å²) in [6, 6.07) is 4.93. The fourth-order valence-electron chi connectivity index (χ4n) is 1.35. The monoisotopic (exact) mass is 297 g/mol. The number of thiazole rings is 1. The molecule has 1 amide bonds. The summed E-state index contributed by atoms with van der Waals surface area (Å²) < 4.78 is 0.